The van der Waals surface area contributed by atoms with Crippen molar-refractivity contribution < 1.29 is 4.74 Å². The molecule has 2 atom stereocenters. The fourth-order valence-electron chi connectivity index (χ4n) is 3.18. The summed E-state index contributed by atoms with van der Waals surface area (Å²) in [5.74, 6) is 0. The van der Waals surface area contributed by atoms with Crippen LogP contribution in [-0.2, 0) is 4.74 Å². The van der Waals surface area contributed by atoms with Crippen LogP contribution in [0.4, 0.5) is 0 Å². The van der Waals surface area contributed by atoms with Crippen LogP contribution in [0, 0.1) is 0 Å². The minimum Gasteiger partial charge on any atom is -0.379 e. The average molecular weight is 227 g/mol. The van der Waals surface area contributed by atoms with Crippen LogP contribution in [0.25, 0.3) is 0 Å². The Bertz CT molecular complexity index is 228. The van der Waals surface area contributed by atoms with Crippen molar-refractivity contribution in [2.75, 3.05) is 46.4 Å². The molecule has 4 heteroatoms. The van der Waals surface area contributed by atoms with E-state index in [4.69, 9.17) is 10.5 Å². The van der Waals surface area contributed by atoms with Gasteiger partial charge in [0.25, 0.3) is 0 Å². The van der Waals surface area contributed by atoms with Gasteiger partial charge in [-0.25, -0.2) is 0 Å². The molecule has 0 aliphatic carbocycles. The van der Waals surface area contributed by atoms with Gasteiger partial charge >= 0.3 is 0 Å². The van der Waals surface area contributed by atoms with Crippen LogP contribution in [0.2, 0.25) is 0 Å². The average Bonchev–Trinajstić information content (AvgIpc) is 2.67. The Morgan fingerprint density at radius 2 is 2.25 bits per heavy atom. The highest BCUT2D eigenvalue weighted by molar-refractivity contribution is 4.98. The molecule has 0 spiro atoms. The summed E-state index contributed by atoms with van der Waals surface area (Å²) in [5.41, 5.74) is 6.13. The van der Waals surface area contributed by atoms with E-state index in [0.29, 0.717) is 6.04 Å². The molecule has 0 aromatic heterocycles. The van der Waals surface area contributed by atoms with Gasteiger partial charge in [0.2, 0.25) is 0 Å². The first kappa shape index (κ1) is 12.3. The third-order valence-electron chi connectivity index (χ3n) is 4.12. The summed E-state index contributed by atoms with van der Waals surface area (Å²) in [5, 5.41) is 0. The minimum atomic E-state index is 0.116. The third kappa shape index (κ3) is 2.25. The Kier molecular flexibility index (Phi) is 3.85. The Balaban J connectivity index is 2.11. The number of nitrogens with zero attached hydrogens (tertiary/aromatic N) is 2. The lowest BCUT2D eigenvalue weighted by Crippen LogP contribution is -2.58. The molecule has 0 radical (unpaired) electrons. The number of rotatable bonds is 2. The highest BCUT2D eigenvalue weighted by Gasteiger charge is 2.42. The lowest BCUT2D eigenvalue weighted by atomic mass is 9.94. The molecule has 94 valence electrons. The predicted molar refractivity (Wildman–Crippen MR) is 65.5 cm³/mol. The fourth-order valence-corrected chi connectivity index (χ4v) is 3.18. The number of hydrogen-bond acceptors (Lipinski definition) is 4. The van der Waals surface area contributed by atoms with Gasteiger partial charge in [-0.2, -0.15) is 0 Å². The molecule has 2 heterocycles. The standard InChI is InChI=1S/C12H25N3O/c1-11-8-14(2)5-3-6-15(11)12(9-13)4-7-16-10-12/h11H,3-10,13H2,1-2H3. The van der Waals surface area contributed by atoms with Crippen LogP contribution in [-0.4, -0.2) is 67.8 Å². The van der Waals surface area contributed by atoms with Gasteiger partial charge in [-0.3, -0.25) is 4.90 Å². The first-order chi connectivity index (χ1) is 7.68. The molecule has 0 saturated carbocycles. The van der Waals surface area contributed by atoms with Crippen molar-refractivity contribution in [1.29, 1.82) is 0 Å². The van der Waals surface area contributed by atoms with Crippen molar-refractivity contribution in [3.8, 4) is 0 Å². The van der Waals surface area contributed by atoms with Crippen molar-refractivity contribution in [2.24, 2.45) is 5.73 Å². The van der Waals surface area contributed by atoms with Crippen molar-refractivity contribution in [1.82, 2.24) is 9.80 Å². The van der Waals surface area contributed by atoms with E-state index in [9.17, 15) is 0 Å². The molecule has 2 saturated heterocycles. The molecule has 4 nitrogen and oxygen atoms in total. The smallest absolute Gasteiger partial charge is 0.0663 e. The van der Waals surface area contributed by atoms with E-state index >= 15 is 0 Å². The van der Waals surface area contributed by atoms with Crippen LogP contribution >= 0.6 is 0 Å². The summed E-state index contributed by atoms with van der Waals surface area (Å²) in [6.45, 7) is 8.22. The quantitative estimate of drug-likeness (QED) is 0.728. The van der Waals surface area contributed by atoms with E-state index < -0.39 is 0 Å². The summed E-state index contributed by atoms with van der Waals surface area (Å²) in [4.78, 5) is 5.02. The van der Waals surface area contributed by atoms with E-state index in [0.717, 1.165) is 39.3 Å². The van der Waals surface area contributed by atoms with Gasteiger partial charge in [-0.15, -0.1) is 0 Å². The first-order valence-electron chi connectivity index (χ1n) is 6.41. The summed E-state index contributed by atoms with van der Waals surface area (Å²) in [6.07, 6.45) is 2.33. The van der Waals surface area contributed by atoms with Crippen LogP contribution in [0.15, 0.2) is 0 Å². The van der Waals surface area contributed by atoms with E-state index in [2.05, 4.69) is 23.8 Å². The molecular weight excluding hydrogens is 202 g/mol. The van der Waals surface area contributed by atoms with Crippen molar-refractivity contribution in [2.45, 2.75) is 31.3 Å². The van der Waals surface area contributed by atoms with Gasteiger partial charge in [-0.05, 0) is 33.4 Å². The van der Waals surface area contributed by atoms with Crippen LogP contribution in [0.5, 0.6) is 0 Å². The van der Waals surface area contributed by atoms with E-state index in [1.807, 2.05) is 0 Å². The molecule has 0 amide bonds. The summed E-state index contributed by atoms with van der Waals surface area (Å²) < 4.78 is 5.59. The molecule has 0 aromatic rings. The minimum absolute atomic E-state index is 0.116. The monoisotopic (exact) mass is 227 g/mol. The van der Waals surface area contributed by atoms with Gasteiger partial charge in [-0.1, -0.05) is 0 Å². The first-order valence-corrected chi connectivity index (χ1v) is 6.41. The zero-order valence-electron chi connectivity index (χ0n) is 10.6. The maximum atomic E-state index is 6.01. The van der Waals surface area contributed by atoms with Gasteiger partial charge in [0.1, 0.15) is 0 Å². The molecular formula is C12H25N3O. The highest BCUT2D eigenvalue weighted by atomic mass is 16.5. The molecule has 2 N–H and O–H groups in total. The second-order valence-electron chi connectivity index (χ2n) is 5.39. The van der Waals surface area contributed by atoms with Gasteiger partial charge < -0.3 is 15.4 Å². The SMILES string of the molecule is CC1CN(C)CCCN1C1(CN)CCOC1. The van der Waals surface area contributed by atoms with Crippen molar-refractivity contribution in [3.63, 3.8) is 0 Å². The number of hydrogen-bond donors (Lipinski definition) is 1. The topological polar surface area (TPSA) is 41.7 Å². The van der Waals surface area contributed by atoms with Crippen LogP contribution in [0.1, 0.15) is 19.8 Å². The molecule has 2 aliphatic rings. The molecule has 2 unspecified atom stereocenters. The Morgan fingerprint density at radius 3 is 2.88 bits per heavy atom. The van der Waals surface area contributed by atoms with Crippen LogP contribution in [0.3, 0.4) is 0 Å². The second kappa shape index (κ2) is 5.00. The van der Waals surface area contributed by atoms with Crippen molar-refractivity contribution >= 4 is 0 Å². The number of likely N-dealkylation sites (N-methyl/N-ethyl adjacent to an activating group) is 1. The number of ether oxygens (including phenoxy) is 1. The van der Waals surface area contributed by atoms with Crippen LogP contribution < -0.4 is 5.73 Å². The fraction of sp³-hybridized carbons (Fsp3) is 1.00. The summed E-state index contributed by atoms with van der Waals surface area (Å²) in [7, 11) is 2.21. The highest BCUT2D eigenvalue weighted by Crippen LogP contribution is 2.28. The Hall–Kier alpha value is -0.160. The van der Waals surface area contributed by atoms with Gasteiger partial charge in [0.15, 0.2) is 0 Å². The van der Waals surface area contributed by atoms with Crippen molar-refractivity contribution in [3.05, 3.63) is 0 Å². The zero-order chi connectivity index (χ0) is 11.6. The molecule has 0 bridgehead atoms. The van der Waals surface area contributed by atoms with E-state index in [1.54, 1.807) is 0 Å². The molecule has 16 heavy (non-hydrogen) atoms. The molecule has 2 aliphatic heterocycles. The Morgan fingerprint density at radius 1 is 1.44 bits per heavy atom. The maximum absolute atomic E-state index is 6.01. The largest absolute Gasteiger partial charge is 0.379 e. The maximum Gasteiger partial charge on any atom is 0.0663 e. The number of nitrogens with two attached hydrogens (primary N) is 1. The van der Waals surface area contributed by atoms with E-state index in [1.165, 1.54) is 13.0 Å². The predicted octanol–water partition coefficient (Wildman–Crippen LogP) is 0.130. The third-order valence-corrected chi connectivity index (χ3v) is 4.12. The summed E-state index contributed by atoms with van der Waals surface area (Å²) >= 11 is 0. The van der Waals surface area contributed by atoms with Gasteiger partial charge in [0.05, 0.1) is 12.1 Å². The Labute approximate surface area is 98.7 Å². The lowest BCUT2D eigenvalue weighted by molar-refractivity contribution is 0.0431. The molecule has 0 aromatic carbocycles. The van der Waals surface area contributed by atoms with Gasteiger partial charge in [0, 0.05) is 32.3 Å². The zero-order valence-corrected chi connectivity index (χ0v) is 10.6. The normalized spacial score (nSPS) is 38.8. The molecule has 2 rings (SSSR count). The lowest BCUT2D eigenvalue weighted by Gasteiger charge is -2.42. The van der Waals surface area contributed by atoms with E-state index in [-0.39, 0.29) is 5.54 Å². The molecule has 2 fully saturated rings. The summed E-state index contributed by atoms with van der Waals surface area (Å²) in [6, 6.07) is 0.581. The second-order valence-corrected chi connectivity index (χ2v) is 5.39.